The first kappa shape index (κ1) is 3.20. The monoisotopic (exact) mass is 69.1 g/mol. The van der Waals surface area contributed by atoms with E-state index >= 15 is 0 Å². The molecule has 0 heteroatoms. The van der Waals surface area contributed by atoms with Crippen LogP contribution in [0.15, 0.2) is 0 Å². The Morgan fingerprint density at radius 3 is 1.40 bits per heavy atom. The molecule has 1 aliphatic rings. The molecule has 5 heavy (non-hydrogen) atoms. The fraction of sp³-hybridized carbons (Fsp3) is 0.800. The van der Waals surface area contributed by atoms with Crippen LogP contribution in [0.5, 0.6) is 0 Å². The highest BCUT2D eigenvalue weighted by Gasteiger charge is 2.09. The molecule has 2 atom stereocenters. The highest BCUT2D eigenvalue weighted by molar-refractivity contribution is 4.99. The minimum Gasteiger partial charge on any atom is -0.327 e. The summed E-state index contributed by atoms with van der Waals surface area (Å²) in [5.74, 6) is 1.85. The molecule has 0 radical (unpaired) electrons. The zero-order chi connectivity index (χ0) is 3.86. The molecule has 1 fully saturated rings. The van der Waals surface area contributed by atoms with Crippen LogP contribution in [0.2, 0.25) is 0 Å². The van der Waals surface area contributed by atoms with E-state index in [0.717, 1.165) is 11.8 Å². The van der Waals surface area contributed by atoms with E-state index in [0.29, 0.717) is 0 Å². The van der Waals surface area contributed by atoms with Crippen molar-refractivity contribution in [2.75, 3.05) is 0 Å². The summed E-state index contributed by atoms with van der Waals surface area (Å²) >= 11 is 0. The molecule has 0 aliphatic heterocycles. The second-order valence-corrected chi connectivity index (χ2v) is 1.91. The maximum atomic E-state index is 2.33. The second kappa shape index (κ2) is 0.735. The summed E-state index contributed by atoms with van der Waals surface area (Å²) < 4.78 is 0. The van der Waals surface area contributed by atoms with Crippen LogP contribution in [0.4, 0.5) is 0 Å². The molecule has 1 aliphatic carbocycles. The number of hydrogen-bond donors (Lipinski definition) is 0. The maximum absolute atomic E-state index is 2.33. The molecule has 0 saturated heterocycles. The van der Waals surface area contributed by atoms with Crippen LogP contribution in [-0.4, -0.2) is 0 Å². The highest BCUT2D eigenvalue weighted by atomic mass is 14.3. The molecule has 1 rings (SSSR count). The van der Waals surface area contributed by atoms with Crippen LogP contribution in [0.25, 0.3) is 0 Å². The van der Waals surface area contributed by atoms with Crippen LogP contribution in [0.3, 0.4) is 0 Å². The quantitative estimate of drug-likeness (QED) is 0.378. The molecule has 0 heterocycles. The number of hydrogen-bond acceptors (Lipinski definition) is 0. The summed E-state index contributed by atoms with van der Waals surface area (Å²) in [4.78, 5) is 0. The lowest BCUT2D eigenvalue weighted by Crippen LogP contribution is -1.58. The van der Waals surface area contributed by atoms with E-state index in [4.69, 9.17) is 0 Å². The average molecular weight is 69.1 g/mol. The Bertz CT molecular complexity index is 33.3. The molecule has 0 nitrogen and oxygen atoms in total. The van der Waals surface area contributed by atoms with Gasteiger partial charge in [0, 0.05) is 0 Å². The fourth-order valence-corrected chi connectivity index (χ4v) is 0.415. The summed E-state index contributed by atoms with van der Waals surface area (Å²) in [6.07, 6.45) is 2.33. The molecular formula is C5H9-. The van der Waals surface area contributed by atoms with E-state index in [1.54, 1.807) is 0 Å². The highest BCUT2D eigenvalue weighted by Crippen LogP contribution is 2.34. The van der Waals surface area contributed by atoms with Gasteiger partial charge < -0.3 is 6.42 Å². The summed E-state index contributed by atoms with van der Waals surface area (Å²) in [5.41, 5.74) is 0. The molecule has 0 aromatic rings. The third-order valence-corrected chi connectivity index (χ3v) is 1.30. The Labute approximate surface area is 33.2 Å². The molecule has 0 aromatic heterocycles. The van der Waals surface area contributed by atoms with Gasteiger partial charge >= 0.3 is 0 Å². The van der Waals surface area contributed by atoms with Crippen LogP contribution in [0.1, 0.15) is 13.8 Å². The average Bonchev–Trinajstić information content (AvgIpc) is 1.79. The fourth-order valence-electron chi connectivity index (χ4n) is 0.415. The normalized spacial score (nSPS) is 49.2. The van der Waals surface area contributed by atoms with Crippen LogP contribution >= 0.6 is 0 Å². The molecular weight excluding hydrogens is 60.1 g/mol. The first-order chi connectivity index (χ1) is 2.30. The molecule has 0 N–H and O–H groups in total. The van der Waals surface area contributed by atoms with Gasteiger partial charge in [0.25, 0.3) is 0 Å². The Morgan fingerprint density at radius 1 is 1.20 bits per heavy atom. The zero-order valence-corrected chi connectivity index (χ0v) is 3.73. The van der Waals surface area contributed by atoms with Crippen LogP contribution < -0.4 is 0 Å². The van der Waals surface area contributed by atoms with Crippen molar-refractivity contribution in [3.05, 3.63) is 6.42 Å². The van der Waals surface area contributed by atoms with Crippen LogP contribution in [0, 0.1) is 18.3 Å². The molecule has 0 amide bonds. The Morgan fingerprint density at radius 2 is 1.40 bits per heavy atom. The summed E-state index contributed by atoms with van der Waals surface area (Å²) in [6, 6.07) is 0. The first-order valence-corrected chi connectivity index (χ1v) is 2.15. The zero-order valence-electron chi connectivity index (χ0n) is 3.73. The standard InChI is InChI=1S/C5H9/c1-4-3-5(4)2/h3-5H,1-2H3/q-1/t4-,5+. The summed E-state index contributed by atoms with van der Waals surface area (Å²) in [7, 11) is 0. The Balaban J connectivity index is 2.20. The van der Waals surface area contributed by atoms with E-state index in [9.17, 15) is 0 Å². The van der Waals surface area contributed by atoms with Gasteiger partial charge in [0.15, 0.2) is 0 Å². The lowest BCUT2D eigenvalue weighted by Gasteiger charge is -1.78. The lowest BCUT2D eigenvalue weighted by atomic mass is 10.4. The molecule has 30 valence electrons. The predicted molar refractivity (Wildman–Crippen MR) is 22.6 cm³/mol. The molecule has 1 saturated carbocycles. The van der Waals surface area contributed by atoms with E-state index < -0.39 is 0 Å². The minimum absolute atomic E-state index is 0.926. The van der Waals surface area contributed by atoms with Gasteiger partial charge in [-0.15, -0.1) is 0 Å². The van der Waals surface area contributed by atoms with Crippen molar-refractivity contribution in [1.82, 2.24) is 0 Å². The lowest BCUT2D eigenvalue weighted by molar-refractivity contribution is 0.834. The molecule has 0 unspecified atom stereocenters. The van der Waals surface area contributed by atoms with Crippen LogP contribution in [-0.2, 0) is 0 Å². The van der Waals surface area contributed by atoms with Crippen molar-refractivity contribution in [1.29, 1.82) is 0 Å². The van der Waals surface area contributed by atoms with Gasteiger partial charge in [-0.2, -0.15) is 11.8 Å². The third kappa shape index (κ3) is 0.444. The van der Waals surface area contributed by atoms with Crippen molar-refractivity contribution >= 4 is 0 Å². The van der Waals surface area contributed by atoms with Crippen molar-refractivity contribution in [2.45, 2.75) is 13.8 Å². The van der Waals surface area contributed by atoms with Gasteiger partial charge in [0.05, 0.1) is 0 Å². The predicted octanol–water partition coefficient (Wildman–Crippen LogP) is 1.48. The smallest absolute Gasteiger partial charge is 0.0919 e. The minimum atomic E-state index is 0.926. The van der Waals surface area contributed by atoms with E-state index in [-0.39, 0.29) is 0 Å². The first-order valence-electron chi connectivity index (χ1n) is 2.15. The van der Waals surface area contributed by atoms with Gasteiger partial charge in [-0.3, -0.25) is 0 Å². The number of rotatable bonds is 0. The molecule has 0 bridgehead atoms. The summed E-state index contributed by atoms with van der Waals surface area (Å²) in [5, 5.41) is 0. The van der Waals surface area contributed by atoms with E-state index in [1.165, 1.54) is 0 Å². The van der Waals surface area contributed by atoms with E-state index in [2.05, 4.69) is 20.3 Å². The second-order valence-electron chi connectivity index (χ2n) is 1.91. The van der Waals surface area contributed by atoms with Gasteiger partial charge in [-0.05, 0) is 0 Å². The summed E-state index contributed by atoms with van der Waals surface area (Å²) in [6.45, 7) is 4.48. The van der Waals surface area contributed by atoms with Gasteiger partial charge in [0.1, 0.15) is 0 Å². The van der Waals surface area contributed by atoms with Gasteiger partial charge in [-0.25, -0.2) is 0 Å². The van der Waals surface area contributed by atoms with Crippen molar-refractivity contribution < 1.29 is 0 Å². The molecule has 0 spiro atoms. The third-order valence-electron chi connectivity index (χ3n) is 1.30. The van der Waals surface area contributed by atoms with Crippen molar-refractivity contribution in [3.8, 4) is 0 Å². The largest absolute Gasteiger partial charge is 0.327 e. The van der Waals surface area contributed by atoms with Gasteiger partial charge in [-0.1, -0.05) is 13.8 Å². The maximum Gasteiger partial charge on any atom is -0.0919 e. The topological polar surface area (TPSA) is 0 Å². The SMILES string of the molecule is C[C@@H]1[CH-][C@@H]1C. The van der Waals surface area contributed by atoms with E-state index in [1.807, 2.05) is 0 Å². The van der Waals surface area contributed by atoms with Crippen molar-refractivity contribution in [2.24, 2.45) is 11.8 Å². The Kier molecular flexibility index (Phi) is 0.470. The molecule has 0 aromatic carbocycles. The van der Waals surface area contributed by atoms with Crippen molar-refractivity contribution in [3.63, 3.8) is 0 Å². The Hall–Kier alpha value is 0. The van der Waals surface area contributed by atoms with Gasteiger partial charge in [0.2, 0.25) is 0 Å².